The van der Waals surface area contributed by atoms with Crippen LogP contribution in [0.2, 0.25) is 0 Å². The molecule has 1 aromatic heterocycles. The molecular formula is C12H19BrN2. The standard InChI is InChI=1S/C12H19BrN2/c1-4-9(2)7-10(3)15-12-6-5-11(13)8-14-12/h5-6,8-10H,4,7H2,1-3H3,(H,14,15). The zero-order valence-electron chi connectivity index (χ0n) is 9.63. The summed E-state index contributed by atoms with van der Waals surface area (Å²) < 4.78 is 1.02. The summed E-state index contributed by atoms with van der Waals surface area (Å²) in [6.45, 7) is 6.72. The number of anilines is 1. The number of pyridine rings is 1. The minimum absolute atomic E-state index is 0.480. The maximum absolute atomic E-state index is 4.29. The molecule has 3 heteroatoms. The van der Waals surface area contributed by atoms with E-state index in [1.54, 1.807) is 0 Å². The monoisotopic (exact) mass is 270 g/mol. The Morgan fingerprint density at radius 3 is 2.67 bits per heavy atom. The van der Waals surface area contributed by atoms with Gasteiger partial charge in [0.1, 0.15) is 5.82 Å². The van der Waals surface area contributed by atoms with Crippen molar-refractivity contribution in [1.82, 2.24) is 4.98 Å². The van der Waals surface area contributed by atoms with Crippen LogP contribution < -0.4 is 5.32 Å². The first-order valence-corrected chi connectivity index (χ1v) is 6.29. The highest BCUT2D eigenvalue weighted by atomic mass is 79.9. The minimum Gasteiger partial charge on any atom is -0.368 e. The van der Waals surface area contributed by atoms with Gasteiger partial charge in [-0.15, -0.1) is 0 Å². The summed E-state index contributed by atoms with van der Waals surface area (Å²) in [7, 11) is 0. The summed E-state index contributed by atoms with van der Waals surface area (Å²) in [5.41, 5.74) is 0. The fraction of sp³-hybridized carbons (Fsp3) is 0.583. The second-order valence-corrected chi connectivity index (χ2v) is 5.07. The van der Waals surface area contributed by atoms with E-state index in [1.807, 2.05) is 18.3 Å². The van der Waals surface area contributed by atoms with Crippen molar-refractivity contribution in [1.29, 1.82) is 0 Å². The quantitative estimate of drug-likeness (QED) is 0.872. The van der Waals surface area contributed by atoms with Crippen molar-refractivity contribution in [2.75, 3.05) is 5.32 Å². The van der Waals surface area contributed by atoms with Crippen LogP contribution in [0.1, 0.15) is 33.6 Å². The van der Waals surface area contributed by atoms with Gasteiger partial charge in [0, 0.05) is 16.7 Å². The molecule has 1 aromatic rings. The molecule has 2 nitrogen and oxygen atoms in total. The van der Waals surface area contributed by atoms with E-state index in [0.29, 0.717) is 6.04 Å². The Bertz CT molecular complexity index is 284. The summed E-state index contributed by atoms with van der Waals surface area (Å²) in [6.07, 6.45) is 4.24. The van der Waals surface area contributed by atoms with Gasteiger partial charge in [-0.25, -0.2) is 4.98 Å². The summed E-state index contributed by atoms with van der Waals surface area (Å²) in [6, 6.07) is 4.48. The number of nitrogens with one attached hydrogen (secondary N) is 1. The molecule has 0 bridgehead atoms. The Labute approximate surface area is 101 Å². The van der Waals surface area contributed by atoms with E-state index >= 15 is 0 Å². The third-order valence-corrected chi connectivity index (χ3v) is 3.04. The molecular weight excluding hydrogens is 252 g/mol. The van der Waals surface area contributed by atoms with Crippen molar-refractivity contribution in [3.05, 3.63) is 22.8 Å². The molecule has 2 unspecified atom stereocenters. The summed E-state index contributed by atoms with van der Waals surface area (Å²) in [4.78, 5) is 4.29. The molecule has 0 saturated carbocycles. The number of rotatable bonds is 5. The van der Waals surface area contributed by atoms with Gasteiger partial charge >= 0.3 is 0 Å². The van der Waals surface area contributed by atoms with E-state index in [2.05, 4.69) is 47.0 Å². The van der Waals surface area contributed by atoms with Gasteiger partial charge < -0.3 is 5.32 Å². The molecule has 0 fully saturated rings. The first-order valence-electron chi connectivity index (χ1n) is 5.50. The first-order chi connectivity index (χ1) is 7.11. The third kappa shape index (κ3) is 4.65. The van der Waals surface area contributed by atoms with Crippen molar-refractivity contribution in [2.24, 2.45) is 5.92 Å². The maximum atomic E-state index is 4.29. The van der Waals surface area contributed by atoms with Crippen LogP contribution in [0.5, 0.6) is 0 Å². The van der Waals surface area contributed by atoms with E-state index in [9.17, 15) is 0 Å². The van der Waals surface area contributed by atoms with Crippen molar-refractivity contribution in [2.45, 2.75) is 39.7 Å². The number of hydrogen-bond acceptors (Lipinski definition) is 2. The van der Waals surface area contributed by atoms with E-state index in [0.717, 1.165) is 16.2 Å². The predicted molar refractivity (Wildman–Crippen MR) is 69.1 cm³/mol. The average Bonchev–Trinajstić information content (AvgIpc) is 2.21. The van der Waals surface area contributed by atoms with Gasteiger partial charge in [0.15, 0.2) is 0 Å². The predicted octanol–water partition coefficient (Wildman–Crippen LogP) is 4.08. The molecule has 0 saturated heterocycles. The highest BCUT2D eigenvalue weighted by Crippen LogP contribution is 2.15. The van der Waals surface area contributed by atoms with Gasteiger partial charge in [-0.2, -0.15) is 0 Å². The Kier molecular flexibility index (Phi) is 5.09. The lowest BCUT2D eigenvalue weighted by Crippen LogP contribution is -2.18. The summed E-state index contributed by atoms with van der Waals surface area (Å²) in [5, 5.41) is 3.40. The molecule has 1 N–H and O–H groups in total. The zero-order chi connectivity index (χ0) is 11.3. The highest BCUT2D eigenvalue weighted by Gasteiger charge is 2.07. The van der Waals surface area contributed by atoms with Crippen LogP contribution in [0.3, 0.4) is 0 Å². The minimum atomic E-state index is 0.480. The van der Waals surface area contributed by atoms with Gasteiger partial charge in [-0.05, 0) is 47.3 Å². The topological polar surface area (TPSA) is 24.9 Å². The van der Waals surface area contributed by atoms with Crippen molar-refractivity contribution < 1.29 is 0 Å². The van der Waals surface area contributed by atoms with E-state index in [4.69, 9.17) is 0 Å². The second kappa shape index (κ2) is 6.11. The molecule has 1 rings (SSSR count). The van der Waals surface area contributed by atoms with Crippen molar-refractivity contribution in [3.8, 4) is 0 Å². The maximum Gasteiger partial charge on any atom is 0.126 e. The van der Waals surface area contributed by atoms with Crippen LogP contribution in [-0.4, -0.2) is 11.0 Å². The summed E-state index contributed by atoms with van der Waals surface area (Å²) >= 11 is 3.37. The lowest BCUT2D eigenvalue weighted by atomic mass is 10.0. The Balaban J connectivity index is 2.44. The molecule has 0 aliphatic rings. The zero-order valence-corrected chi connectivity index (χ0v) is 11.2. The van der Waals surface area contributed by atoms with Gasteiger partial charge in [0.2, 0.25) is 0 Å². The molecule has 0 spiro atoms. The Morgan fingerprint density at radius 1 is 1.40 bits per heavy atom. The van der Waals surface area contributed by atoms with E-state index in [1.165, 1.54) is 12.8 Å². The van der Waals surface area contributed by atoms with Gasteiger partial charge in [-0.1, -0.05) is 20.3 Å². The van der Waals surface area contributed by atoms with Gasteiger partial charge in [0.25, 0.3) is 0 Å². The van der Waals surface area contributed by atoms with Crippen LogP contribution in [0.15, 0.2) is 22.8 Å². The fourth-order valence-corrected chi connectivity index (χ4v) is 1.78. The first kappa shape index (κ1) is 12.5. The molecule has 0 radical (unpaired) electrons. The SMILES string of the molecule is CCC(C)CC(C)Nc1ccc(Br)cn1. The van der Waals surface area contributed by atoms with Crippen LogP contribution >= 0.6 is 15.9 Å². The fourth-order valence-electron chi connectivity index (χ4n) is 1.54. The van der Waals surface area contributed by atoms with Gasteiger partial charge in [0.05, 0.1) is 0 Å². The van der Waals surface area contributed by atoms with Crippen LogP contribution in [0.4, 0.5) is 5.82 Å². The molecule has 15 heavy (non-hydrogen) atoms. The molecule has 0 aromatic carbocycles. The molecule has 84 valence electrons. The molecule has 0 aliphatic carbocycles. The lowest BCUT2D eigenvalue weighted by molar-refractivity contribution is 0.483. The number of hydrogen-bond donors (Lipinski definition) is 1. The van der Waals surface area contributed by atoms with Crippen molar-refractivity contribution >= 4 is 21.7 Å². The van der Waals surface area contributed by atoms with Crippen LogP contribution in [-0.2, 0) is 0 Å². The number of halogens is 1. The van der Waals surface area contributed by atoms with E-state index in [-0.39, 0.29) is 0 Å². The normalized spacial score (nSPS) is 14.7. The lowest BCUT2D eigenvalue weighted by Gasteiger charge is -2.17. The summed E-state index contributed by atoms with van der Waals surface area (Å²) in [5.74, 6) is 1.72. The van der Waals surface area contributed by atoms with Crippen LogP contribution in [0.25, 0.3) is 0 Å². The second-order valence-electron chi connectivity index (χ2n) is 4.16. The Hall–Kier alpha value is -0.570. The highest BCUT2D eigenvalue weighted by molar-refractivity contribution is 9.10. The van der Waals surface area contributed by atoms with Gasteiger partial charge in [-0.3, -0.25) is 0 Å². The molecule has 2 atom stereocenters. The number of aromatic nitrogens is 1. The number of nitrogens with zero attached hydrogens (tertiary/aromatic N) is 1. The smallest absolute Gasteiger partial charge is 0.126 e. The van der Waals surface area contributed by atoms with E-state index < -0.39 is 0 Å². The molecule has 0 aliphatic heterocycles. The average molecular weight is 271 g/mol. The Morgan fingerprint density at radius 2 is 2.13 bits per heavy atom. The molecule has 1 heterocycles. The third-order valence-electron chi connectivity index (χ3n) is 2.57. The largest absolute Gasteiger partial charge is 0.368 e. The van der Waals surface area contributed by atoms with Crippen molar-refractivity contribution in [3.63, 3.8) is 0 Å². The molecule has 0 amide bonds. The van der Waals surface area contributed by atoms with Crippen LogP contribution in [0, 0.1) is 5.92 Å².